The van der Waals surface area contributed by atoms with Gasteiger partial charge in [0.2, 0.25) is 0 Å². The standard InChI is InChI=1S/C21H27BrO3/c1-15(2)10-6-4-5-9-13-25-21(23)19-17-12-8-7-11-16(17)14-18(22)20(19)24-3/h7-8,11-12,14-15H,4-6,9-10,13H2,1-3H3. The van der Waals surface area contributed by atoms with Crippen molar-refractivity contribution in [1.82, 2.24) is 0 Å². The van der Waals surface area contributed by atoms with Crippen molar-refractivity contribution in [2.24, 2.45) is 5.92 Å². The molecular weight excluding hydrogens is 380 g/mol. The van der Waals surface area contributed by atoms with Crippen molar-refractivity contribution in [2.45, 2.75) is 46.0 Å². The highest BCUT2D eigenvalue weighted by molar-refractivity contribution is 9.10. The zero-order valence-electron chi connectivity index (χ0n) is 15.3. The second-order valence-electron chi connectivity index (χ2n) is 6.72. The molecule has 3 nitrogen and oxygen atoms in total. The van der Waals surface area contributed by atoms with Crippen LogP contribution in [-0.2, 0) is 4.74 Å². The van der Waals surface area contributed by atoms with Gasteiger partial charge in [-0.3, -0.25) is 0 Å². The Morgan fingerprint density at radius 1 is 1.12 bits per heavy atom. The van der Waals surface area contributed by atoms with E-state index in [1.54, 1.807) is 7.11 Å². The Morgan fingerprint density at radius 3 is 2.56 bits per heavy atom. The molecule has 4 heteroatoms. The van der Waals surface area contributed by atoms with Crippen LogP contribution in [0.1, 0.15) is 56.3 Å². The van der Waals surface area contributed by atoms with Gasteiger partial charge in [-0.25, -0.2) is 4.79 Å². The van der Waals surface area contributed by atoms with E-state index in [0.717, 1.165) is 34.0 Å². The maximum absolute atomic E-state index is 12.6. The van der Waals surface area contributed by atoms with Crippen molar-refractivity contribution < 1.29 is 14.3 Å². The fourth-order valence-electron chi connectivity index (χ4n) is 2.94. The molecule has 0 amide bonds. The van der Waals surface area contributed by atoms with Crippen molar-refractivity contribution in [3.05, 3.63) is 40.4 Å². The normalized spacial score (nSPS) is 11.1. The summed E-state index contributed by atoms with van der Waals surface area (Å²) in [5.41, 5.74) is 0.493. The van der Waals surface area contributed by atoms with Crippen molar-refractivity contribution in [3.8, 4) is 5.75 Å². The first-order valence-corrected chi connectivity index (χ1v) is 9.76. The van der Waals surface area contributed by atoms with Gasteiger partial charge in [0.25, 0.3) is 0 Å². The molecule has 136 valence electrons. The van der Waals surface area contributed by atoms with E-state index in [4.69, 9.17) is 9.47 Å². The minimum Gasteiger partial charge on any atom is -0.495 e. The van der Waals surface area contributed by atoms with Crippen LogP contribution in [0.5, 0.6) is 5.75 Å². The number of benzene rings is 2. The summed E-state index contributed by atoms with van der Waals surface area (Å²) in [6, 6.07) is 9.73. The van der Waals surface area contributed by atoms with Crippen molar-refractivity contribution in [1.29, 1.82) is 0 Å². The second-order valence-corrected chi connectivity index (χ2v) is 7.57. The van der Waals surface area contributed by atoms with Crippen molar-refractivity contribution in [2.75, 3.05) is 13.7 Å². The summed E-state index contributed by atoms with van der Waals surface area (Å²) in [6.45, 7) is 4.94. The maximum atomic E-state index is 12.6. The number of hydrogen-bond donors (Lipinski definition) is 0. The molecular formula is C21H27BrO3. The molecule has 2 rings (SSSR count). The second kappa shape index (κ2) is 9.81. The van der Waals surface area contributed by atoms with Crippen LogP contribution in [0.2, 0.25) is 0 Å². The summed E-state index contributed by atoms with van der Waals surface area (Å²) >= 11 is 3.49. The Hall–Kier alpha value is -1.55. The van der Waals surface area contributed by atoms with E-state index in [9.17, 15) is 4.79 Å². The van der Waals surface area contributed by atoms with Gasteiger partial charge in [-0.15, -0.1) is 0 Å². The van der Waals surface area contributed by atoms with E-state index in [1.165, 1.54) is 19.3 Å². The van der Waals surface area contributed by atoms with E-state index >= 15 is 0 Å². The van der Waals surface area contributed by atoms with Crippen LogP contribution in [0.4, 0.5) is 0 Å². The van der Waals surface area contributed by atoms with Gasteiger partial charge in [-0.1, -0.05) is 63.8 Å². The minimum absolute atomic E-state index is 0.323. The average molecular weight is 407 g/mol. The number of hydrogen-bond acceptors (Lipinski definition) is 3. The molecule has 2 aromatic rings. The van der Waals surface area contributed by atoms with Crippen LogP contribution >= 0.6 is 15.9 Å². The van der Waals surface area contributed by atoms with Crippen molar-refractivity contribution in [3.63, 3.8) is 0 Å². The Balaban J connectivity index is 1.99. The number of unbranched alkanes of at least 4 members (excludes halogenated alkanes) is 3. The van der Waals surface area contributed by atoms with E-state index in [-0.39, 0.29) is 5.97 Å². The Kier molecular flexibility index (Phi) is 7.76. The van der Waals surface area contributed by atoms with E-state index in [1.807, 2.05) is 30.3 Å². The first-order valence-electron chi connectivity index (χ1n) is 8.97. The lowest BCUT2D eigenvalue weighted by atomic mass is 10.0. The lowest BCUT2D eigenvalue weighted by Gasteiger charge is -2.13. The molecule has 0 bridgehead atoms. The number of carbonyl (C=O) groups excluding carboxylic acids is 1. The van der Waals surface area contributed by atoms with Gasteiger partial charge in [0.1, 0.15) is 11.3 Å². The summed E-state index contributed by atoms with van der Waals surface area (Å²) < 4.78 is 11.7. The van der Waals surface area contributed by atoms with Gasteiger partial charge < -0.3 is 9.47 Å². The number of ether oxygens (including phenoxy) is 2. The lowest BCUT2D eigenvalue weighted by Crippen LogP contribution is -2.09. The highest BCUT2D eigenvalue weighted by atomic mass is 79.9. The molecule has 0 N–H and O–H groups in total. The van der Waals surface area contributed by atoms with Gasteiger partial charge in [-0.2, -0.15) is 0 Å². The van der Waals surface area contributed by atoms with Crippen LogP contribution in [0.15, 0.2) is 34.8 Å². The fourth-order valence-corrected chi connectivity index (χ4v) is 3.55. The lowest BCUT2D eigenvalue weighted by molar-refractivity contribution is 0.0496. The third kappa shape index (κ3) is 5.46. The predicted molar refractivity (Wildman–Crippen MR) is 106 cm³/mol. The first-order chi connectivity index (χ1) is 12.0. The number of esters is 1. The van der Waals surface area contributed by atoms with Crippen molar-refractivity contribution >= 4 is 32.7 Å². The van der Waals surface area contributed by atoms with Gasteiger partial charge in [0.15, 0.2) is 0 Å². The van der Waals surface area contributed by atoms with Gasteiger partial charge in [-0.05, 0) is 39.7 Å². The molecule has 0 aliphatic carbocycles. The highest BCUT2D eigenvalue weighted by Gasteiger charge is 2.20. The van der Waals surface area contributed by atoms with E-state index in [0.29, 0.717) is 17.9 Å². The molecule has 0 saturated heterocycles. The fraction of sp³-hybridized carbons (Fsp3) is 0.476. The van der Waals surface area contributed by atoms with Gasteiger partial charge in [0.05, 0.1) is 18.2 Å². The monoisotopic (exact) mass is 406 g/mol. The summed E-state index contributed by atoms with van der Waals surface area (Å²) in [5.74, 6) is 0.965. The number of fused-ring (bicyclic) bond motifs is 1. The van der Waals surface area contributed by atoms with Crippen LogP contribution in [0.25, 0.3) is 10.8 Å². The average Bonchev–Trinajstić information content (AvgIpc) is 2.59. The van der Waals surface area contributed by atoms with Crippen LogP contribution in [0.3, 0.4) is 0 Å². The van der Waals surface area contributed by atoms with Gasteiger partial charge in [0, 0.05) is 5.39 Å². The summed E-state index contributed by atoms with van der Waals surface area (Å²) in [6.07, 6.45) is 5.70. The molecule has 0 heterocycles. The number of carbonyl (C=O) groups is 1. The molecule has 0 fully saturated rings. The third-order valence-corrected chi connectivity index (χ3v) is 4.86. The summed E-state index contributed by atoms with van der Waals surface area (Å²) in [5, 5.41) is 1.83. The molecule has 2 aromatic carbocycles. The SMILES string of the molecule is COc1c(Br)cc2ccccc2c1C(=O)OCCCCCCC(C)C. The number of halogens is 1. The van der Waals surface area contributed by atoms with Crippen LogP contribution < -0.4 is 4.74 Å². The number of methoxy groups -OCH3 is 1. The first kappa shape index (κ1) is 19.8. The Bertz CT molecular complexity index is 710. The zero-order chi connectivity index (χ0) is 18.2. The molecule has 0 saturated carbocycles. The van der Waals surface area contributed by atoms with Gasteiger partial charge >= 0.3 is 5.97 Å². The molecule has 0 atom stereocenters. The molecule has 25 heavy (non-hydrogen) atoms. The third-order valence-electron chi connectivity index (χ3n) is 4.27. The molecule has 0 unspecified atom stereocenters. The summed E-state index contributed by atoms with van der Waals surface area (Å²) in [4.78, 5) is 12.6. The Morgan fingerprint density at radius 2 is 1.84 bits per heavy atom. The summed E-state index contributed by atoms with van der Waals surface area (Å²) in [7, 11) is 1.57. The minimum atomic E-state index is -0.323. The van der Waals surface area contributed by atoms with Crippen LogP contribution in [0, 0.1) is 5.92 Å². The highest BCUT2D eigenvalue weighted by Crippen LogP contribution is 2.36. The smallest absolute Gasteiger partial charge is 0.342 e. The molecule has 0 spiro atoms. The van der Waals surface area contributed by atoms with E-state index in [2.05, 4.69) is 29.8 Å². The molecule has 0 radical (unpaired) electrons. The largest absolute Gasteiger partial charge is 0.495 e. The quantitative estimate of drug-likeness (QED) is 0.358. The topological polar surface area (TPSA) is 35.5 Å². The predicted octanol–water partition coefficient (Wildman–Crippen LogP) is 6.37. The zero-order valence-corrected chi connectivity index (χ0v) is 16.9. The molecule has 0 aliphatic rings. The maximum Gasteiger partial charge on any atom is 0.342 e. The molecule has 0 aliphatic heterocycles. The van der Waals surface area contributed by atoms with E-state index < -0.39 is 0 Å². The Labute approximate surface area is 158 Å². The van der Waals surface area contributed by atoms with Crippen LogP contribution in [-0.4, -0.2) is 19.7 Å². The number of rotatable bonds is 9. The molecule has 0 aromatic heterocycles.